The van der Waals surface area contributed by atoms with Crippen molar-refractivity contribution < 1.29 is 17.9 Å². The maximum absolute atomic E-state index is 7.73. The van der Waals surface area contributed by atoms with E-state index in [-0.39, 0.29) is 3.63 Å². The van der Waals surface area contributed by atoms with Crippen molar-refractivity contribution in [1.29, 1.82) is 0 Å². The Morgan fingerprint density at radius 3 is 2.05 bits per heavy atom. The van der Waals surface area contributed by atoms with Crippen LogP contribution < -0.4 is 13.6 Å². The van der Waals surface area contributed by atoms with Crippen molar-refractivity contribution >= 4 is 46.3 Å². The Bertz CT molecular complexity index is 1730. The first kappa shape index (κ1) is 24.6. The van der Waals surface area contributed by atoms with E-state index in [0.29, 0.717) is 0 Å². The molecule has 0 bridgehead atoms. The average Bonchev–Trinajstić information content (AvgIpc) is 3.50. The molecule has 184 valence electrons. The van der Waals surface area contributed by atoms with Gasteiger partial charge in [0.1, 0.15) is 0 Å². The van der Waals surface area contributed by atoms with E-state index in [0.717, 1.165) is 0 Å². The van der Waals surface area contributed by atoms with Crippen LogP contribution in [-0.4, -0.2) is 9.52 Å². The zero-order valence-corrected chi connectivity index (χ0v) is 26.5. The summed E-state index contributed by atoms with van der Waals surface area (Å²) in [5, 5.41) is 2.98. The molecule has 0 fully saturated rings. The van der Waals surface area contributed by atoms with Gasteiger partial charge in [-0.15, -0.1) is 0 Å². The van der Waals surface area contributed by atoms with Crippen molar-refractivity contribution in [2.75, 3.05) is 0 Å². The van der Waals surface area contributed by atoms with Gasteiger partial charge in [0, 0.05) is 0 Å². The fourth-order valence-electron chi connectivity index (χ4n) is 6.48. The van der Waals surface area contributed by atoms with Crippen molar-refractivity contribution in [3.05, 3.63) is 132 Å². The summed E-state index contributed by atoms with van der Waals surface area (Å²) in [5.74, 6) is 0. The van der Waals surface area contributed by atoms with E-state index < -0.39 is 27.4 Å². The van der Waals surface area contributed by atoms with Gasteiger partial charge < -0.3 is 0 Å². The van der Waals surface area contributed by atoms with E-state index in [1.165, 1.54) is 63.7 Å². The van der Waals surface area contributed by atoms with E-state index in [2.05, 4.69) is 128 Å². The van der Waals surface area contributed by atoms with Crippen LogP contribution in [0.25, 0.3) is 39.5 Å². The molecule has 0 aromatic heterocycles. The zero-order chi connectivity index (χ0) is 25.9. The number of halogens is 2. The van der Waals surface area contributed by atoms with E-state index in [1.54, 1.807) is 0 Å². The minimum absolute atomic E-state index is 0.0825. The number of allylic oxidation sites excluding steroid dienone is 1. The van der Waals surface area contributed by atoms with Crippen LogP contribution in [0.3, 0.4) is 0 Å². The van der Waals surface area contributed by atoms with Crippen molar-refractivity contribution in [3.8, 4) is 33.4 Å². The summed E-state index contributed by atoms with van der Waals surface area (Å²) in [7, 11) is 14.8. The number of rotatable bonds is 4. The molecule has 4 heteroatoms. The summed E-state index contributed by atoms with van der Waals surface area (Å²) in [5.41, 5.74) is 11.5. The molecular weight excluding hydrogens is 599 g/mol. The second kappa shape index (κ2) is 9.61. The van der Waals surface area contributed by atoms with Crippen LogP contribution in [0.4, 0.5) is 0 Å². The van der Waals surface area contributed by atoms with Crippen LogP contribution in [0.1, 0.15) is 21.7 Å². The first-order valence-electron chi connectivity index (χ1n) is 13.1. The Labute approximate surface area is 238 Å². The third kappa shape index (κ3) is 3.89. The van der Waals surface area contributed by atoms with Crippen molar-refractivity contribution in [3.63, 3.8) is 0 Å². The first-order valence-corrected chi connectivity index (χ1v) is 23.5. The van der Waals surface area contributed by atoms with Gasteiger partial charge in [-0.1, -0.05) is 0 Å². The third-order valence-corrected chi connectivity index (χ3v) is 22.7. The second-order valence-electron chi connectivity index (χ2n) is 10.3. The van der Waals surface area contributed by atoms with Gasteiger partial charge in [0.15, 0.2) is 0 Å². The summed E-state index contributed by atoms with van der Waals surface area (Å²) >= 11 is -3.93. The summed E-state index contributed by atoms with van der Waals surface area (Å²) in [6, 6.07) is 41.5. The van der Waals surface area contributed by atoms with Crippen LogP contribution in [-0.2, 0) is 17.9 Å². The molecule has 5 aromatic rings. The Hall–Kier alpha value is -2.48. The van der Waals surface area contributed by atoms with Gasteiger partial charge in [-0.25, -0.2) is 0 Å². The van der Waals surface area contributed by atoms with E-state index in [9.17, 15) is 0 Å². The molecule has 0 saturated heterocycles. The Kier molecular flexibility index (Phi) is 6.21. The van der Waals surface area contributed by atoms with Gasteiger partial charge >= 0.3 is 240 Å². The molecule has 5 aromatic carbocycles. The third-order valence-electron chi connectivity index (χ3n) is 8.14. The van der Waals surface area contributed by atoms with Gasteiger partial charge in [-0.05, 0) is 0 Å². The van der Waals surface area contributed by atoms with Crippen LogP contribution in [0.2, 0.25) is 0 Å². The zero-order valence-electron chi connectivity index (χ0n) is 21.1. The molecule has 0 N–H and O–H groups in total. The van der Waals surface area contributed by atoms with Gasteiger partial charge in [-0.2, -0.15) is 0 Å². The van der Waals surface area contributed by atoms with Gasteiger partial charge in [0.05, 0.1) is 0 Å². The second-order valence-corrected chi connectivity index (χ2v) is 26.2. The van der Waals surface area contributed by atoms with Gasteiger partial charge in [0.25, 0.3) is 0 Å². The van der Waals surface area contributed by atoms with Crippen LogP contribution in [0.15, 0.2) is 121 Å². The fourth-order valence-corrected chi connectivity index (χ4v) is 23.6. The van der Waals surface area contributed by atoms with Gasteiger partial charge in [0.2, 0.25) is 0 Å². The van der Waals surface area contributed by atoms with Crippen molar-refractivity contribution in [1.82, 2.24) is 0 Å². The molecule has 0 radical (unpaired) electrons. The Balaban J connectivity index is 1.41. The first-order chi connectivity index (χ1) is 18.5. The molecule has 0 saturated carbocycles. The van der Waals surface area contributed by atoms with Crippen LogP contribution in [0.5, 0.6) is 0 Å². The van der Waals surface area contributed by atoms with E-state index in [4.69, 9.17) is 17.0 Å². The van der Waals surface area contributed by atoms with Crippen molar-refractivity contribution in [2.24, 2.45) is 0 Å². The quantitative estimate of drug-likeness (QED) is 0.180. The molecule has 0 nitrogen and oxygen atoms in total. The summed E-state index contributed by atoms with van der Waals surface area (Å²) < 4.78 is 1.36. The standard InChI is InChI=1S/C22H17.C12H9Si.2ClH.Zr/c1-16-14-19-12-13-20(17-8-4-2-5-9-17)22(21(19)15-16)18-10-6-3-7-11-18;1-3-7-11-9(5-1)10-6-2-4-8-12(10)13-11;;;/h2-15H,1H3;1-7H,13H2;2*1H;/q;;;;+2/p-2. The normalized spacial score (nSPS) is 16.2. The average molecular weight is 625 g/mol. The molecule has 2 aliphatic rings. The predicted molar refractivity (Wildman–Crippen MR) is 165 cm³/mol. The topological polar surface area (TPSA) is 0 Å². The maximum atomic E-state index is 7.73. The minimum atomic E-state index is -3.93. The molecule has 1 atom stereocenters. The summed E-state index contributed by atoms with van der Waals surface area (Å²) in [6.45, 7) is 2.23. The monoisotopic (exact) mass is 622 g/mol. The molecule has 1 aliphatic carbocycles. The predicted octanol–water partition coefficient (Wildman–Crippen LogP) is 7.37. The number of hydrogen-bond acceptors (Lipinski definition) is 0. The summed E-state index contributed by atoms with van der Waals surface area (Å²) in [6.07, 6.45) is 2.36. The Morgan fingerprint density at radius 1 is 0.632 bits per heavy atom. The molecule has 1 aliphatic heterocycles. The molecule has 0 amide bonds. The van der Waals surface area contributed by atoms with Crippen molar-refractivity contribution in [2.45, 2.75) is 10.5 Å². The SMILES string of the molecule is CC1=Cc2c(ccc(-c3ccccc3)c2-c2ccccc2)[CH]1[Zr]([Cl])([Cl])[c]1cccc2c1[SiH2]c1ccccc1-2. The van der Waals surface area contributed by atoms with E-state index >= 15 is 0 Å². The molecule has 1 unspecified atom stereocenters. The van der Waals surface area contributed by atoms with E-state index in [1.807, 2.05) is 0 Å². The molecule has 38 heavy (non-hydrogen) atoms. The number of benzene rings is 5. The Morgan fingerprint density at radius 2 is 1.29 bits per heavy atom. The molecular formula is C34H26Cl2SiZr. The molecule has 7 rings (SSSR count). The van der Waals surface area contributed by atoms with Crippen LogP contribution >= 0.6 is 17.0 Å². The molecule has 0 spiro atoms. The number of hydrogen-bond donors (Lipinski definition) is 0. The summed E-state index contributed by atoms with van der Waals surface area (Å²) in [4.78, 5) is 0. The van der Waals surface area contributed by atoms with Gasteiger partial charge in [-0.3, -0.25) is 0 Å². The number of fused-ring (bicyclic) bond motifs is 4. The molecule has 1 heterocycles. The fraction of sp³-hybridized carbons (Fsp3) is 0.0588. The van der Waals surface area contributed by atoms with Crippen LogP contribution in [0, 0.1) is 0 Å².